The van der Waals surface area contributed by atoms with Gasteiger partial charge in [0.15, 0.2) is 11.5 Å². The predicted octanol–water partition coefficient (Wildman–Crippen LogP) is 5.03. The third-order valence-electron chi connectivity index (χ3n) is 5.78. The lowest BCUT2D eigenvalue weighted by molar-refractivity contribution is -0.122. The molecule has 0 saturated carbocycles. The number of carbonyl (C=O) groups is 3. The molecule has 1 N–H and O–H groups in total. The van der Waals surface area contributed by atoms with Crippen molar-refractivity contribution in [1.82, 2.24) is 5.32 Å². The molecule has 3 aromatic rings. The van der Waals surface area contributed by atoms with Crippen molar-refractivity contribution < 1.29 is 23.9 Å². The van der Waals surface area contributed by atoms with E-state index in [4.69, 9.17) is 21.1 Å². The van der Waals surface area contributed by atoms with E-state index >= 15 is 0 Å². The van der Waals surface area contributed by atoms with Crippen LogP contribution in [-0.2, 0) is 22.6 Å². The van der Waals surface area contributed by atoms with Crippen LogP contribution in [0.25, 0.3) is 6.08 Å². The Labute approximate surface area is 218 Å². The predicted molar refractivity (Wildman–Crippen MR) is 138 cm³/mol. The van der Waals surface area contributed by atoms with Gasteiger partial charge in [-0.25, -0.2) is 9.69 Å². The van der Waals surface area contributed by atoms with E-state index < -0.39 is 17.8 Å². The van der Waals surface area contributed by atoms with E-state index in [9.17, 15) is 19.6 Å². The number of aryl methyl sites for hydroxylation is 1. The Morgan fingerprint density at radius 3 is 2.49 bits per heavy atom. The number of nitrogens with one attached hydrogen (secondary N) is 1. The molecular formula is C28H22ClN3O5. The fourth-order valence-electron chi connectivity index (χ4n) is 3.81. The molecule has 0 radical (unpaired) electrons. The Hall–Kier alpha value is -4.61. The van der Waals surface area contributed by atoms with Crippen molar-refractivity contribution in [3.8, 4) is 17.6 Å². The van der Waals surface area contributed by atoms with Gasteiger partial charge in [-0.15, -0.1) is 0 Å². The molecule has 1 fully saturated rings. The fraction of sp³-hybridized carbons (Fsp3) is 0.143. The zero-order chi connectivity index (χ0) is 26.5. The number of ether oxygens (including phenoxy) is 2. The number of halogens is 1. The Morgan fingerprint density at radius 1 is 1.08 bits per heavy atom. The van der Waals surface area contributed by atoms with E-state index in [0.29, 0.717) is 22.4 Å². The average Bonchev–Trinajstić information content (AvgIpc) is 2.90. The second kappa shape index (κ2) is 11.0. The number of barbiturate groups is 1. The molecule has 0 bridgehead atoms. The first-order valence-corrected chi connectivity index (χ1v) is 11.7. The Bertz CT molecular complexity index is 1460. The summed E-state index contributed by atoms with van der Waals surface area (Å²) in [6.07, 6.45) is 2.14. The minimum Gasteiger partial charge on any atom is -0.493 e. The van der Waals surface area contributed by atoms with Crippen LogP contribution in [0.5, 0.6) is 11.5 Å². The molecular weight excluding hydrogens is 494 g/mol. The molecule has 37 heavy (non-hydrogen) atoms. The summed E-state index contributed by atoms with van der Waals surface area (Å²) in [7, 11) is 1.43. The second-order valence-corrected chi connectivity index (χ2v) is 8.48. The van der Waals surface area contributed by atoms with Gasteiger partial charge in [0.2, 0.25) is 0 Å². The van der Waals surface area contributed by atoms with Crippen molar-refractivity contribution in [1.29, 1.82) is 5.26 Å². The van der Waals surface area contributed by atoms with Crippen LogP contribution in [-0.4, -0.2) is 25.0 Å². The number of imide groups is 2. The lowest BCUT2D eigenvalue weighted by atomic mass is 10.1. The van der Waals surface area contributed by atoms with E-state index in [0.717, 1.165) is 16.9 Å². The SMILES string of the molecule is CCc1ccc(N2C(=O)NC(=O)/C(=C/c3cc(Cl)c(OCc4ccccc4C#N)c(OC)c3)C2=O)cc1. The monoisotopic (exact) mass is 515 g/mol. The highest BCUT2D eigenvalue weighted by molar-refractivity contribution is 6.39. The van der Waals surface area contributed by atoms with Crippen LogP contribution >= 0.6 is 11.6 Å². The largest absolute Gasteiger partial charge is 0.493 e. The maximum atomic E-state index is 13.2. The van der Waals surface area contributed by atoms with E-state index in [2.05, 4.69) is 11.4 Å². The quantitative estimate of drug-likeness (QED) is 0.349. The van der Waals surface area contributed by atoms with Gasteiger partial charge in [-0.1, -0.05) is 48.9 Å². The van der Waals surface area contributed by atoms with Crippen LogP contribution in [0.1, 0.15) is 29.2 Å². The van der Waals surface area contributed by atoms with Crippen LogP contribution in [0.4, 0.5) is 10.5 Å². The van der Waals surface area contributed by atoms with Gasteiger partial charge in [0.25, 0.3) is 11.8 Å². The molecule has 0 unspecified atom stereocenters. The molecule has 1 saturated heterocycles. The van der Waals surface area contributed by atoms with E-state index in [1.54, 1.807) is 42.5 Å². The molecule has 4 amide bonds. The molecule has 1 aliphatic heterocycles. The maximum Gasteiger partial charge on any atom is 0.335 e. The Morgan fingerprint density at radius 2 is 1.81 bits per heavy atom. The topological polar surface area (TPSA) is 109 Å². The van der Waals surface area contributed by atoms with Crippen molar-refractivity contribution >= 4 is 41.2 Å². The number of benzene rings is 3. The number of nitrogens with zero attached hydrogens (tertiary/aromatic N) is 2. The molecule has 1 heterocycles. The number of urea groups is 1. The highest BCUT2D eigenvalue weighted by Gasteiger charge is 2.36. The molecule has 0 atom stereocenters. The van der Waals surface area contributed by atoms with Gasteiger partial charge in [-0.3, -0.25) is 14.9 Å². The molecule has 1 aliphatic rings. The number of carbonyl (C=O) groups excluding carboxylic acids is 3. The van der Waals surface area contributed by atoms with E-state index in [1.165, 1.54) is 19.3 Å². The van der Waals surface area contributed by atoms with Crippen molar-refractivity contribution in [3.05, 3.63) is 93.5 Å². The molecule has 186 valence electrons. The number of hydrogen-bond donors (Lipinski definition) is 1. The highest BCUT2D eigenvalue weighted by atomic mass is 35.5. The first-order valence-electron chi connectivity index (χ1n) is 11.3. The number of nitriles is 1. The van der Waals surface area contributed by atoms with Crippen molar-refractivity contribution in [2.45, 2.75) is 20.0 Å². The van der Waals surface area contributed by atoms with Crippen molar-refractivity contribution in [3.63, 3.8) is 0 Å². The van der Waals surface area contributed by atoms with Crippen LogP contribution in [0.15, 0.2) is 66.2 Å². The lowest BCUT2D eigenvalue weighted by Gasteiger charge is -2.26. The van der Waals surface area contributed by atoms with Gasteiger partial charge < -0.3 is 9.47 Å². The van der Waals surface area contributed by atoms with Gasteiger partial charge in [0, 0.05) is 5.56 Å². The summed E-state index contributed by atoms with van der Waals surface area (Å²) in [4.78, 5) is 39.1. The normalized spacial score (nSPS) is 14.4. The first-order chi connectivity index (χ1) is 17.9. The molecule has 9 heteroatoms. The third-order valence-corrected chi connectivity index (χ3v) is 6.06. The number of methoxy groups -OCH3 is 1. The molecule has 8 nitrogen and oxygen atoms in total. The zero-order valence-corrected chi connectivity index (χ0v) is 20.8. The Kier molecular flexibility index (Phi) is 7.56. The summed E-state index contributed by atoms with van der Waals surface area (Å²) < 4.78 is 11.3. The highest BCUT2D eigenvalue weighted by Crippen LogP contribution is 2.38. The minimum absolute atomic E-state index is 0.0784. The van der Waals surface area contributed by atoms with Crippen LogP contribution < -0.4 is 19.7 Å². The van der Waals surface area contributed by atoms with Gasteiger partial charge in [0.05, 0.1) is 29.5 Å². The first kappa shape index (κ1) is 25.5. The molecule has 0 aromatic heterocycles. The van der Waals surface area contributed by atoms with Gasteiger partial charge >= 0.3 is 6.03 Å². The van der Waals surface area contributed by atoms with Crippen LogP contribution in [0.3, 0.4) is 0 Å². The maximum absolute atomic E-state index is 13.2. The summed E-state index contributed by atoms with van der Waals surface area (Å²) in [6, 6.07) is 18.3. The smallest absolute Gasteiger partial charge is 0.335 e. The number of rotatable bonds is 7. The second-order valence-electron chi connectivity index (χ2n) is 8.07. The van der Waals surface area contributed by atoms with E-state index in [1.807, 2.05) is 19.1 Å². The number of hydrogen-bond acceptors (Lipinski definition) is 6. The van der Waals surface area contributed by atoms with Gasteiger partial charge in [-0.2, -0.15) is 5.26 Å². The molecule has 0 aliphatic carbocycles. The Balaban J connectivity index is 1.64. The minimum atomic E-state index is -0.826. The summed E-state index contributed by atoms with van der Waals surface area (Å²) in [5, 5.41) is 11.7. The molecule has 3 aromatic carbocycles. The lowest BCUT2D eigenvalue weighted by Crippen LogP contribution is -2.54. The van der Waals surface area contributed by atoms with E-state index in [-0.39, 0.29) is 28.7 Å². The third kappa shape index (κ3) is 5.32. The van der Waals surface area contributed by atoms with Crippen LogP contribution in [0.2, 0.25) is 5.02 Å². The standard InChI is InChI=1S/C28H22ClN3O5/c1-3-17-8-10-21(11-9-17)32-27(34)22(26(33)31-28(32)35)12-18-13-23(29)25(24(14-18)36-2)37-16-20-7-5-4-6-19(20)15-30/h4-14H,3,16H2,1-2H3,(H,31,33,35)/b22-12-. The van der Waals surface area contributed by atoms with Crippen molar-refractivity contribution in [2.24, 2.45) is 0 Å². The molecule has 0 spiro atoms. The molecule has 4 rings (SSSR count). The summed E-state index contributed by atoms with van der Waals surface area (Å²) >= 11 is 6.47. The van der Waals surface area contributed by atoms with Gasteiger partial charge in [-0.05, 0) is 54.0 Å². The zero-order valence-electron chi connectivity index (χ0n) is 20.1. The van der Waals surface area contributed by atoms with Crippen LogP contribution in [0, 0.1) is 11.3 Å². The summed E-state index contributed by atoms with van der Waals surface area (Å²) in [6.45, 7) is 2.07. The van der Waals surface area contributed by atoms with Crippen molar-refractivity contribution in [2.75, 3.05) is 12.0 Å². The fourth-order valence-corrected chi connectivity index (χ4v) is 4.08. The average molecular weight is 516 g/mol. The van der Waals surface area contributed by atoms with Gasteiger partial charge in [0.1, 0.15) is 12.2 Å². The number of anilines is 1. The summed E-state index contributed by atoms with van der Waals surface area (Å²) in [5.41, 5.74) is 2.69. The number of amides is 4. The summed E-state index contributed by atoms with van der Waals surface area (Å²) in [5.74, 6) is -1.08.